The molecule has 2 aromatic rings. The molecule has 46 heavy (non-hydrogen) atoms. The quantitative estimate of drug-likeness (QED) is 0.205. The van der Waals surface area contributed by atoms with Gasteiger partial charge < -0.3 is 25.0 Å². The van der Waals surface area contributed by atoms with Gasteiger partial charge >= 0.3 is 17.9 Å². The second-order valence-corrected chi connectivity index (χ2v) is 12.9. The van der Waals surface area contributed by atoms with E-state index in [0.717, 1.165) is 37.9 Å². The van der Waals surface area contributed by atoms with Crippen molar-refractivity contribution in [3.63, 3.8) is 0 Å². The molecule has 2 unspecified atom stereocenters. The van der Waals surface area contributed by atoms with E-state index in [1.54, 1.807) is 5.57 Å². The SMILES string of the molecule is CC(C1=C(CCN(C)C)Cc2ccccc21)c1ccccn1.CC(O)C(=O)O[C@@H]1C[C@H](C)CC[C@H]1C(C)C.O=C(O)/C=C\C(=O)O. The van der Waals surface area contributed by atoms with Crippen LogP contribution in [0.25, 0.3) is 5.57 Å². The van der Waals surface area contributed by atoms with E-state index in [2.05, 4.69) is 88.1 Å². The van der Waals surface area contributed by atoms with Crippen molar-refractivity contribution in [2.75, 3.05) is 20.6 Å². The van der Waals surface area contributed by atoms with Crippen LogP contribution >= 0.6 is 0 Å². The van der Waals surface area contributed by atoms with Crippen molar-refractivity contribution in [2.24, 2.45) is 17.8 Å². The van der Waals surface area contributed by atoms with Gasteiger partial charge in [0.1, 0.15) is 12.2 Å². The van der Waals surface area contributed by atoms with Crippen molar-refractivity contribution in [3.05, 3.63) is 83.2 Å². The van der Waals surface area contributed by atoms with E-state index < -0.39 is 24.0 Å². The van der Waals surface area contributed by atoms with Crippen molar-refractivity contribution in [2.45, 2.75) is 84.8 Å². The lowest BCUT2D eigenvalue weighted by Gasteiger charge is -2.36. The number of ether oxygens (including phenoxy) is 1. The van der Waals surface area contributed by atoms with Gasteiger partial charge in [-0.3, -0.25) is 4.98 Å². The minimum absolute atomic E-state index is 0.00847. The van der Waals surface area contributed by atoms with Gasteiger partial charge in [-0.1, -0.05) is 70.0 Å². The summed E-state index contributed by atoms with van der Waals surface area (Å²) in [6.07, 6.45) is 7.49. The molecule has 0 aliphatic heterocycles. The predicted molar refractivity (Wildman–Crippen MR) is 180 cm³/mol. The van der Waals surface area contributed by atoms with Crippen LogP contribution in [0.2, 0.25) is 0 Å². The van der Waals surface area contributed by atoms with E-state index in [9.17, 15) is 14.4 Å². The molecular weight excluding hydrogens is 584 g/mol. The number of carboxylic acid groups (broad SMARTS) is 2. The fraction of sp³-hybridized carbons (Fsp3) is 0.514. The molecule has 2 aliphatic rings. The summed E-state index contributed by atoms with van der Waals surface area (Å²) in [5.41, 5.74) is 7.13. The molecule has 1 aromatic carbocycles. The maximum Gasteiger partial charge on any atom is 0.334 e. The number of fused-ring (bicyclic) bond motifs is 1. The van der Waals surface area contributed by atoms with Crippen LogP contribution in [0.4, 0.5) is 0 Å². The summed E-state index contributed by atoms with van der Waals surface area (Å²) in [6.45, 7) is 11.4. The first-order valence-electron chi connectivity index (χ1n) is 16.1. The number of carbonyl (C=O) groups excluding carboxylic acids is 1. The first-order valence-corrected chi connectivity index (χ1v) is 16.1. The fourth-order valence-corrected chi connectivity index (χ4v) is 5.99. The Labute approximate surface area is 274 Å². The van der Waals surface area contributed by atoms with Crippen molar-refractivity contribution < 1.29 is 34.4 Å². The highest BCUT2D eigenvalue weighted by molar-refractivity contribution is 5.89. The van der Waals surface area contributed by atoms with Crippen molar-refractivity contribution in [3.8, 4) is 0 Å². The summed E-state index contributed by atoms with van der Waals surface area (Å²) in [5.74, 6) is -1.06. The van der Waals surface area contributed by atoms with Gasteiger partial charge in [0, 0.05) is 36.5 Å². The number of rotatable bonds is 10. The molecule has 9 nitrogen and oxygen atoms in total. The molecule has 1 saturated carbocycles. The standard InChI is InChI=1S/C20H24N2.C13H24O3.C4H4O4/c1-15(19-10-6-7-12-21-19)20-17(11-13-22(2)3)14-16-8-4-5-9-18(16)20;1-8(2)11-6-5-9(3)7-12(11)16-13(15)10(4)14;5-3(6)1-2-4(7)8/h4-10,12,15H,11,13-14H2,1-3H3;8-12,14H,5-7H2,1-4H3;1-2H,(H,5,6)(H,7,8)/b;;2-1-/t;9-,10?,11+,12-;/m.1./s1. The topological polar surface area (TPSA) is 137 Å². The molecule has 252 valence electrons. The number of pyridine rings is 1. The number of allylic oxidation sites excluding steroid dienone is 1. The highest BCUT2D eigenvalue weighted by Crippen LogP contribution is 2.42. The number of esters is 1. The van der Waals surface area contributed by atoms with Gasteiger partial charge in [0.15, 0.2) is 0 Å². The van der Waals surface area contributed by atoms with Gasteiger partial charge in [0.25, 0.3) is 0 Å². The minimum atomic E-state index is -1.26. The number of hydrogen-bond acceptors (Lipinski definition) is 7. The Bertz CT molecular complexity index is 1320. The highest BCUT2D eigenvalue weighted by atomic mass is 16.6. The van der Waals surface area contributed by atoms with E-state index >= 15 is 0 Å². The van der Waals surface area contributed by atoms with Crippen molar-refractivity contribution in [1.29, 1.82) is 0 Å². The molecule has 0 amide bonds. The lowest BCUT2D eigenvalue weighted by atomic mass is 9.75. The average Bonchev–Trinajstić information content (AvgIpc) is 3.38. The summed E-state index contributed by atoms with van der Waals surface area (Å²) >= 11 is 0. The smallest absolute Gasteiger partial charge is 0.334 e. The first-order chi connectivity index (χ1) is 21.7. The van der Waals surface area contributed by atoms with Gasteiger partial charge in [-0.25, -0.2) is 14.4 Å². The number of benzene rings is 1. The zero-order valence-electron chi connectivity index (χ0n) is 28.3. The second kappa shape index (κ2) is 19.0. The molecular formula is C37H52N2O7. The van der Waals surface area contributed by atoms with E-state index in [-0.39, 0.29) is 6.10 Å². The van der Waals surface area contributed by atoms with Crippen LogP contribution in [0.5, 0.6) is 0 Å². The van der Waals surface area contributed by atoms with E-state index in [0.29, 0.717) is 35.8 Å². The van der Waals surface area contributed by atoms with E-state index in [4.69, 9.17) is 20.1 Å². The Balaban J connectivity index is 0.000000269. The maximum atomic E-state index is 11.4. The molecule has 0 bridgehead atoms. The number of carboxylic acids is 2. The molecule has 1 aromatic heterocycles. The number of carbonyl (C=O) groups is 3. The third kappa shape index (κ3) is 12.5. The Morgan fingerprint density at radius 3 is 2.15 bits per heavy atom. The molecule has 0 radical (unpaired) electrons. The highest BCUT2D eigenvalue weighted by Gasteiger charge is 2.34. The number of aromatic nitrogens is 1. The van der Waals surface area contributed by atoms with Gasteiger partial charge in [-0.15, -0.1) is 0 Å². The van der Waals surface area contributed by atoms with Crippen LogP contribution in [0.15, 0.2) is 66.4 Å². The van der Waals surface area contributed by atoms with E-state index in [1.807, 2.05) is 12.3 Å². The number of aliphatic hydroxyl groups excluding tert-OH is 1. The number of aliphatic carboxylic acids is 2. The summed E-state index contributed by atoms with van der Waals surface area (Å²) < 4.78 is 5.41. The molecule has 2 aliphatic carbocycles. The van der Waals surface area contributed by atoms with Crippen LogP contribution in [0.1, 0.15) is 83.0 Å². The van der Waals surface area contributed by atoms with E-state index in [1.165, 1.54) is 30.0 Å². The molecule has 3 N–H and O–H groups in total. The second-order valence-electron chi connectivity index (χ2n) is 12.9. The Morgan fingerprint density at radius 1 is 0.978 bits per heavy atom. The number of aliphatic hydroxyl groups is 1. The Morgan fingerprint density at radius 2 is 1.61 bits per heavy atom. The maximum absolute atomic E-state index is 11.4. The predicted octanol–water partition coefficient (Wildman–Crippen LogP) is 6.23. The van der Waals surface area contributed by atoms with Crippen molar-refractivity contribution in [1.82, 2.24) is 9.88 Å². The van der Waals surface area contributed by atoms with Crippen molar-refractivity contribution >= 4 is 23.5 Å². The third-order valence-corrected chi connectivity index (χ3v) is 8.46. The van der Waals surface area contributed by atoms with Gasteiger partial charge in [-0.2, -0.15) is 0 Å². The molecule has 9 heteroatoms. The average molecular weight is 637 g/mol. The van der Waals surface area contributed by atoms with Crippen LogP contribution < -0.4 is 0 Å². The fourth-order valence-electron chi connectivity index (χ4n) is 5.99. The van der Waals surface area contributed by atoms with Gasteiger partial charge in [0.05, 0.1) is 0 Å². The lowest BCUT2D eigenvalue weighted by molar-refractivity contribution is -0.164. The summed E-state index contributed by atoms with van der Waals surface area (Å²) in [4.78, 5) is 37.4. The Hall–Kier alpha value is -3.82. The minimum Gasteiger partial charge on any atom is -0.478 e. The molecule has 4 rings (SSSR count). The van der Waals surface area contributed by atoms with Crippen LogP contribution in [0.3, 0.4) is 0 Å². The lowest BCUT2D eigenvalue weighted by Crippen LogP contribution is -2.37. The van der Waals surface area contributed by atoms with Crippen LogP contribution in [-0.4, -0.2) is 76.0 Å². The normalized spacial score (nSPS) is 20.3. The largest absolute Gasteiger partial charge is 0.478 e. The van der Waals surface area contributed by atoms with Gasteiger partial charge in [-0.05, 0) is 93.3 Å². The summed E-state index contributed by atoms with van der Waals surface area (Å²) in [5, 5.41) is 24.8. The molecule has 1 heterocycles. The third-order valence-electron chi connectivity index (χ3n) is 8.46. The zero-order valence-corrected chi connectivity index (χ0v) is 28.3. The van der Waals surface area contributed by atoms with Crippen LogP contribution in [-0.2, 0) is 25.5 Å². The zero-order chi connectivity index (χ0) is 34.4. The number of hydrogen-bond donors (Lipinski definition) is 3. The number of nitrogens with zero attached hydrogens (tertiary/aromatic N) is 2. The molecule has 1 fully saturated rings. The Kier molecular flexibility index (Phi) is 15.8. The molecule has 0 spiro atoms. The summed E-state index contributed by atoms with van der Waals surface area (Å²) in [7, 11) is 4.29. The van der Waals surface area contributed by atoms with Gasteiger partial charge in [0.2, 0.25) is 0 Å². The monoisotopic (exact) mass is 636 g/mol. The van der Waals surface area contributed by atoms with Crippen LogP contribution in [0, 0.1) is 17.8 Å². The molecule has 5 atom stereocenters. The first kappa shape index (κ1) is 38.4. The molecule has 0 saturated heterocycles. The summed E-state index contributed by atoms with van der Waals surface area (Å²) in [6, 6.07) is 15.0.